The Labute approximate surface area is 271 Å². The van der Waals surface area contributed by atoms with Gasteiger partial charge in [-0.05, 0) is 25.7 Å². The zero-order valence-electron chi connectivity index (χ0n) is 29.7. The van der Waals surface area contributed by atoms with Crippen LogP contribution in [0.4, 0.5) is 0 Å². The van der Waals surface area contributed by atoms with Gasteiger partial charge in [-0.2, -0.15) is 0 Å². The van der Waals surface area contributed by atoms with E-state index in [2.05, 4.69) is 150 Å². The molecule has 0 radical (unpaired) electrons. The number of rotatable bonds is 20. The van der Waals surface area contributed by atoms with Crippen LogP contribution in [0.3, 0.4) is 0 Å². The maximum absolute atomic E-state index is 2.72. The van der Waals surface area contributed by atoms with Crippen molar-refractivity contribution in [2.75, 3.05) is 111 Å². The highest BCUT2D eigenvalue weighted by Crippen LogP contribution is 2.67. The van der Waals surface area contributed by atoms with Crippen molar-refractivity contribution in [2.45, 2.75) is 79.1 Å². The first-order chi connectivity index (χ1) is 17.7. The second-order valence-corrected chi connectivity index (χ2v) is 19.6. The minimum atomic E-state index is -1.55. The van der Waals surface area contributed by atoms with Gasteiger partial charge in [0.2, 0.25) is 0 Å². The third-order valence-corrected chi connectivity index (χ3v) is 15.8. The Hall–Kier alpha value is 1.31. The van der Waals surface area contributed by atoms with Crippen molar-refractivity contribution in [3.8, 4) is 0 Å². The van der Waals surface area contributed by atoms with Crippen LogP contribution < -0.4 is 29.4 Å². The first-order valence-electron chi connectivity index (χ1n) is 15.1. The predicted molar refractivity (Wildman–Crippen MR) is 179 cm³/mol. The molecule has 0 saturated carbocycles. The van der Waals surface area contributed by atoms with Gasteiger partial charge in [-0.3, -0.25) is 0 Å². The second kappa shape index (κ2) is 25.6. The van der Waals surface area contributed by atoms with Crippen LogP contribution in [0.5, 0.6) is 0 Å². The molecule has 0 aromatic heterocycles. The lowest BCUT2D eigenvalue weighted by atomic mass is 10.3. The molecule has 0 aliphatic heterocycles. The zero-order valence-corrected chi connectivity index (χ0v) is 33.8. The van der Waals surface area contributed by atoms with Crippen LogP contribution in [0.1, 0.15) is 79.1 Å². The van der Waals surface area contributed by atoms with Gasteiger partial charge in [-0.25, -0.2) is 0 Å². The Morgan fingerprint density at radius 2 is 0.500 bits per heavy atom. The van der Waals surface area contributed by atoms with Gasteiger partial charge in [-0.15, -0.1) is 37.4 Å². The van der Waals surface area contributed by atoms with E-state index >= 15 is 0 Å². The van der Waals surface area contributed by atoms with Crippen LogP contribution in [-0.2, 0) is 0 Å². The molecule has 0 aliphatic rings. The van der Waals surface area contributed by atoms with Crippen molar-refractivity contribution in [1.29, 1.82) is 0 Å². The standard InChI is InChI=1S/2C14H36N4P.BrH.ClH/c2*1-9-11-13-18(14-12-10-2)19(15(3)4,16(5)6)17(7)8;;/h2*9-14H2,1-8H3;2*1H/q2*+1;;/p-2. The Kier molecular flexibility index (Phi) is 30.9. The van der Waals surface area contributed by atoms with E-state index in [1.54, 1.807) is 0 Å². The first-order valence-corrected chi connectivity index (χ1v) is 18.3. The topological polar surface area (TPSA) is 25.9 Å². The van der Waals surface area contributed by atoms with Gasteiger partial charge in [0, 0.05) is 111 Å². The van der Waals surface area contributed by atoms with Gasteiger partial charge in [0.25, 0.3) is 0 Å². The summed E-state index contributed by atoms with van der Waals surface area (Å²) in [6.07, 6.45) is 10.2. The fraction of sp³-hybridized carbons (Fsp3) is 1.00. The molecule has 0 rings (SSSR count). The zero-order chi connectivity index (χ0) is 30.1. The number of hydrogen-bond donors (Lipinski definition) is 0. The number of hydrogen-bond acceptors (Lipinski definition) is 8. The molecule has 12 heteroatoms. The van der Waals surface area contributed by atoms with Crippen molar-refractivity contribution in [3.05, 3.63) is 0 Å². The summed E-state index contributed by atoms with van der Waals surface area (Å²) in [6, 6.07) is 0. The molecular weight excluding hydrogens is 626 g/mol. The molecule has 0 spiro atoms. The van der Waals surface area contributed by atoms with Crippen molar-refractivity contribution in [3.63, 3.8) is 0 Å². The SMILES string of the molecule is CCCCN(CCCC)[P+](N(C)C)(N(C)C)N(C)C.CCCCN(CCCC)[P+](N(C)C)(N(C)C)N(C)C.[Br-].[Cl-]. The van der Waals surface area contributed by atoms with Crippen molar-refractivity contribution >= 4 is 15.7 Å². The summed E-state index contributed by atoms with van der Waals surface area (Å²) in [7, 11) is 23.6. The summed E-state index contributed by atoms with van der Waals surface area (Å²) in [5, 5.41) is 0. The fourth-order valence-corrected chi connectivity index (χ4v) is 14.8. The molecule has 8 nitrogen and oxygen atoms in total. The van der Waals surface area contributed by atoms with Crippen LogP contribution in [0, 0.1) is 0 Å². The van der Waals surface area contributed by atoms with Crippen LogP contribution in [-0.4, -0.2) is 148 Å². The minimum Gasteiger partial charge on any atom is -1.00 e. The van der Waals surface area contributed by atoms with Gasteiger partial charge in [0.1, 0.15) is 0 Å². The normalized spacial score (nSPS) is 12.6. The second-order valence-electron chi connectivity index (χ2n) is 11.5. The minimum absolute atomic E-state index is 0. The van der Waals surface area contributed by atoms with Gasteiger partial charge in [-0.1, -0.05) is 53.4 Å². The van der Waals surface area contributed by atoms with E-state index in [-0.39, 0.29) is 29.4 Å². The van der Waals surface area contributed by atoms with E-state index < -0.39 is 15.7 Å². The van der Waals surface area contributed by atoms with Crippen molar-refractivity contribution < 1.29 is 29.4 Å². The maximum atomic E-state index is 2.72. The van der Waals surface area contributed by atoms with E-state index in [0.29, 0.717) is 0 Å². The summed E-state index contributed by atoms with van der Waals surface area (Å²) in [6.45, 7) is 13.9. The summed E-state index contributed by atoms with van der Waals surface area (Å²) in [4.78, 5) is 0. The van der Waals surface area contributed by atoms with E-state index in [0.717, 1.165) is 0 Å². The molecule has 0 atom stereocenters. The van der Waals surface area contributed by atoms with Gasteiger partial charge in [0.15, 0.2) is 0 Å². The molecule has 0 aromatic carbocycles. The predicted octanol–water partition coefficient (Wildman–Crippen LogP) is 0.510. The quantitative estimate of drug-likeness (QED) is 0.170. The van der Waals surface area contributed by atoms with Gasteiger partial charge < -0.3 is 29.4 Å². The summed E-state index contributed by atoms with van der Waals surface area (Å²) >= 11 is 0. The largest absolute Gasteiger partial charge is 1.00 e. The Morgan fingerprint density at radius 1 is 0.350 bits per heavy atom. The first kappa shape index (κ1) is 48.2. The summed E-state index contributed by atoms with van der Waals surface area (Å²) < 4.78 is 20.0. The third kappa shape index (κ3) is 13.5. The number of nitrogens with zero attached hydrogens (tertiary/aromatic N) is 8. The highest BCUT2D eigenvalue weighted by molar-refractivity contribution is 7.66. The molecule has 248 valence electrons. The molecular formula is C28H72BrClN8P2. The lowest BCUT2D eigenvalue weighted by Gasteiger charge is -2.45. The van der Waals surface area contributed by atoms with Crippen molar-refractivity contribution in [1.82, 2.24) is 37.4 Å². The Bertz CT molecular complexity index is 465. The molecule has 0 amide bonds. The lowest BCUT2D eigenvalue weighted by molar-refractivity contribution is -0.00100. The molecule has 0 bridgehead atoms. The van der Waals surface area contributed by atoms with E-state index in [4.69, 9.17) is 0 Å². The van der Waals surface area contributed by atoms with Crippen LogP contribution >= 0.6 is 15.7 Å². The van der Waals surface area contributed by atoms with Crippen molar-refractivity contribution in [2.24, 2.45) is 0 Å². The third-order valence-electron chi connectivity index (χ3n) is 7.06. The van der Waals surface area contributed by atoms with E-state index in [9.17, 15) is 0 Å². The highest BCUT2D eigenvalue weighted by Gasteiger charge is 2.54. The lowest BCUT2D eigenvalue weighted by Crippen LogP contribution is -3.00. The summed E-state index contributed by atoms with van der Waals surface area (Å²) in [5.41, 5.74) is 0. The van der Waals surface area contributed by atoms with Crippen LogP contribution in [0.2, 0.25) is 0 Å². The molecule has 0 aromatic rings. The molecule has 40 heavy (non-hydrogen) atoms. The highest BCUT2D eigenvalue weighted by atomic mass is 79.9. The Morgan fingerprint density at radius 3 is 0.600 bits per heavy atom. The number of unbranched alkanes of at least 4 members (excludes halogenated alkanes) is 4. The molecule has 0 heterocycles. The monoisotopic (exact) mass is 696 g/mol. The fourth-order valence-electron chi connectivity index (χ4n) is 5.79. The Balaban J connectivity index is -0.000000309. The van der Waals surface area contributed by atoms with Gasteiger partial charge in [0.05, 0.1) is 0 Å². The van der Waals surface area contributed by atoms with Crippen LogP contribution in [0.25, 0.3) is 0 Å². The van der Waals surface area contributed by atoms with E-state index in [1.165, 1.54) is 77.5 Å². The number of halogens is 2. The van der Waals surface area contributed by atoms with Gasteiger partial charge >= 0.3 is 15.7 Å². The maximum Gasteiger partial charge on any atom is 0.307 e. The van der Waals surface area contributed by atoms with Crippen LogP contribution in [0.15, 0.2) is 0 Å². The molecule has 0 fully saturated rings. The molecule has 0 N–H and O–H groups in total. The van der Waals surface area contributed by atoms with E-state index in [1.807, 2.05) is 0 Å². The molecule has 0 saturated heterocycles. The average Bonchev–Trinajstić information content (AvgIpc) is 2.81. The molecule has 0 unspecified atom stereocenters. The molecule has 0 aliphatic carbocycles. The summed E-state index contributed by atoms with van der Waals surface area (Å²) in [5.74, 6) is 0. The average molecular weight is 698 g/mol. The smallest absolute Gasteiger partial charge is 0.307 e.